The van der Waals surface area contributed by atoms with Crippen molar-refractivity contribution in [2.24, 2.45) is 5.92 Å². The summed E-state index contributed by atoms with van der Waals surface area (Å²) >= 11 is 1.76. The van der Waals surface area contributed by atoms with Crippen molar-refractivity contribution in [2.75, 3.05) is 13.6 Å². The summed E-state index contributed by atoms with van der Waals surface area (Å²) in [5.41, 5.74) is 1.15. The van der Waals surface area contributed by atoms with Crippen LogP contribution in [0.2, 0.25) is 0 Å². The van der Waals surface area contributed by atoms with Crippen LogP contribution in [0.5, 0.6) is 0 Å². The fourth-order valence-corrected chi connectivity index (χ4v) is 2.15. The van der Waals surface area contributed by atoms with E-state index in [4.69, 9.17) is 0 Å². The van der Waals surface area contributed by atoms with Crippen LogP contribution in [0.25, 0.3) is 0 Å². The summed E-state index contributed by atoms with van der Waals surface area (Å²) in [5.74, 6) is 0.681. The summed E-state index contributed by atoms with van der Waals surface area (Å²) in [6, 6.07) is 0. The maximum Gasteiger partial charge on any atom is 0.0931 e. The van der Waals surface area contributed by atoms with E-state index in [9.17, 15) is 0 Å². The highest BCUT2D eigenvalue weighted by atomic mass is 32.1. The summed E-state index contributed by atoms with van der Waals surface area (Å²) in [5, 5.41) is 6.54. The van der Waals surface area contributed by atoms with Gasteiger partial charge < -0.3 is 5.32 Å². The van der Waals surface area contributed by atoms with E-state index in [1.807, 2.05) is 14.0 Å². The monoisotopic (exact) mass is 184 g/mol. The lowest BCUT2D eigenvalue weighted by Crippen LogP contribution is -2.17. The molecule has 1 heterocycles. The van der Waals surface area contributed by atoms with E-state index < -0.39 is 0 Å². The predicted octanol–water partition coefficient (Wildman–Crippen LogP) is 1.85. The summed E-state index contributed by atoms with van der Waals surface area (Å²) < 4.78 is 0. The molecule has 12 heavy (non-hydrogen) atoms. The van der Waals surface area contributed by atoms with E-state index in [0.29, 0.717) is 5.92 Å². The second-order valence-corrected chi connectivity index (χ2v) is 4.19. The number of rotatable bonds is 4. The SMILES string of the molecule is CNCC(C)Cc1nc(C)cs1. The molecule has 0 amide bonds. The second-order valence-electron chi connectivity index (χ2n) is 3.25. The van der Waals surface area contributed by atoms with Gasteiger partial charge >= 0.3 is 0 Å². The zero-order chi connectivity index (χ0) is 8.97. The van der Waals surface area contributed by atoms with Gasteiger partial charge in [0.05, 0.1) is 5.01 Å². The second kappa shape index (κ2) is 4.58. The average molecular weight is 184 g/mol. The molecule has 1 rings (SSSR count). The number of nitrogens with one attached hydrogen (secondary N) is 1. The number of hydrogen-bond acceptors (Lipinski definition) is 3. The van der Waals surface area contributed by atoms with Gasteiger partial charge in [0.1, 0.15) is 0 Å². The van der Waals surface area contributed by atoms with Crippen LogP contribution in [0.15, 0.2) is 5.38 Å². The third-order valence-corrected chi connectivity index (χ3v) is 2.73. The zero-order valence-electron chi connectivity index (χ0n) is 7.92. The number of aryl methyl sites for hydroxylation is 1. The predicted molar refractivity (Wildman–Crippen MR) is 53.6 cm³/mol. The Morgan fingerprint density at radius 2 is 2.42 bits per heavy atom. The van der Waals surface area contributed by atoms with Crippen LogP contribution in [-0.4, -0.2) is 18.6 Å². The summed E-state index contributed by atoms with van der Waals surface area (Å²) in [7, 11) is 1.99. The zero-order valence-corrected chi connectivity index (χ0v) is 8.74. The van der Waals surface area contributed by atoms with Gasteiger partial charge in [-0.15, -0.1) is 11.3 Å². The first-order chi connectivity index (χ1) is 5.72. The van der Waals surface area contributed by atoms with Gasteiger partial charge in [-0.2, -0.15) is 0 Å². The van der Waals surface area contributed by atoms with Crippen LogP contribution in [0.4, 0.5) is 0 Å². The van der Waals surface area contributed by atoms with Crippen molar-refractivity contribution in [3.63, 3.8) is 0 Å². The molecule has 0 radical (unpaired) electrons. The van der Waals surface area contributed by atoms with Crippen LogP contribution in [0, 0.1) is 12.8 Å². The Balaban J connectivity index is 2.41. The number of thiazole rings is 1. The van der Waals surface area contributed by atoms with Crippen LogP contribution in [0.1, 0.15) is 17.6 Å². The molecule has 1 N–H and O–H groups in total. The van der Waals surface area contributed by atoms with E-state index in [1.54, 1.807) is 11.3 Å². The molecule has 0 saturated heterocycles. The molecule has 0 spiro atoms. The number of nitrogens with zero attached hydrogens (tertiary/aromatic N) is 1. The first-order valence-electron chi connectivity index (χ1n) is 4.28. The van der Waals surface area contributed by atoms with Gasteiger partial charge in [0, 0.05) is 17.5 Å². The summed E-state index contributed by atoms with van der Waals surface area (Å²) in [6.07, 6.45) is 1.10. The maximum absolute atomic E-state index is 4.42. The molecule has 0 aliphatic rings. The minimum Gasteiger partial charge on any atom is -0.319 e. The van der Waals surface area contributed by atoms with E-state index in [1.165, 1.54) is 5.01 Å². The Morgan fingerprint density at radius 1 is 1.67 bits per heavy atom. The summed E-state index contributed by atoms with van der Waals surface area (Å²) in [4.78, 5) is 4.42. The maximum atomic E-state index is 4.42. The molecule has 1 aromatic rings. The van der Waals surface area contributed by atoms with Crippen molar-refractivity contribution >= 4 is 11.3 Å². The Hall–Kier alpha value is -0.410. The first-order valence-corrected chi connectivity index (χ1v) is 5.16. The normalized spacial score (nSPS) is 13.2. The van der Waals surface area contributed by atoms with E-state index in [0.717, 1.165) is 18.7 Å². The van der Waals surface area contributed by atoms with Gasteiger partial charge in [-0.3, -0.25) is 0 Å². The Kier molecular flexibility index (Phi) is 3.69. The van der Waals surface area contributed by atoms with E-state index in [-0.39, 0.29) is 0 Å². The molecule has 1 aromatic heterocycles. The average Bonchev–Trinajstić information content (AvgIpc) is 2.36. The molecule has 0 fully saturated rings. The molecular formula is C9H16N2S. The van der Waals surface area contributed by atoms with Crippen LogP contribution < -0.4 is 5.32 Å². The summed E-state index contributed by atoms with van der Waals surface area (Å²) in [6.45, 7) is 5.36. The van der Waals surface area contributed by atoms with Crippen molar-refractivity contribution in [1.82, 2.24) is 10.3 Å². The Bertz CT molecular complexity index is 232. The van der Waals surface area contributed by atoms with Crippen molar-refractivity contribution in [3.8, 4) is 0 Å². The van der Waals surface area contributed by atoms with Crippen molar-refractivity contribution in [2.45, 2.75) is 20.3 Å². The van der Waals surface area contributed by atoms with Gasteiger partial charge in [-0.1, -0.05) is 6.92 Å². The van der Waals surface area contributed by atoms with Gasteiger partial charge in [0.15, 0.2) is 0 Å². The van der Waals surface area contributed by atoms with Crippen molar-refractivity contribution < 1.29 is 0 Å². The molecule has 68 valence electrons. The quantitative estimate of drug-likeness (QED) is 0.772. The highest BCUT2D eigenvalue weighted by Gasteiger charge is 2.04. The third kappa shape index (κ3) is 2.91. The Labute approximate surface area is 78.0 Å². The van der Waals surface area contributed by atoms with Crippen LogP contribution in [0.3, 0.4) is 0 Å². The van der Waals surface area contributed by atoms with Crippen LogP contribution >= 0.6 is 11.3 Å². The van der Waals surface area contributed by atoms with E-state index >= 15 is 0 Å². The molecule has 1 unspecified atom stereocenters. The highest BCUT2D eigenvalue weighted by Crippen LogP contribution is 2.13. The lowest BCUT2D eigenvalue weighted by Gasteiger charge is -2.07. The minimum atomic E-state index is 0.681. The molecule has 0 aliphatic carbocycles. The Morgan fingerprint density at radius 3 is 2.92 bits per heavy atom. The van der Waals surface area contributed by atoms with Gasteiger partial charge in [-0.25, -0.2) is 4.98 Å². The standard InChI is InChI=1S/C9H16N2S/c1-7(5-10-3)4-9-11-8(2)6-12-9/h6-7,10H,4-5H2,1-3H3. The lowest BCUT2D eigenvalue weighted by atomic mass is 10.1. The van der Waals surface area contributed by atoms with E-state index in [2.05, 4.69) is 22.6 Å². The molecule has 0 saturated carbocycles. The third-order valence-electron chi connectivity index (χ3n) is 1.74. The molecule has 0 bridgehead atoms. The van der Waals surface area contributed by atoms with Crippen LogP contribution in [-0.2, 0) is 6.42 Å². The molecule has 0 aromatic carbocycles. The fourth-order valence-electron chi connectivity index (χ4n) is 1.22. The van der Waals surface area contributed by atoms with Gasteiger partial charge in [-0.05, 0) is 26.4 Å². The topological polar surface area (TPSA) is 24.9 Å². The lowest BCUT2D eigenvalue weighted by molar-refractivity contribution is 0.540. The largest absolute Gasteiger partial charge is 0.319 e. The number of hydrogen-bond donors (Lipinski definition) is 1. The smallest absolute Gasteiger partial charge is 0.0931 e. The molecule has 3 heteroatoms. The van der Waals surface area contributed by atoms with Gasteiger partial charge in [0.2, 0.25) is 0 Å². The molecule has 1 atom stereocenters. The fraction of sp³-hybridized carbons (Fsp3) is 0.667. The highest BCUT2D eigenvalue weighted by molar-refractivity contribution is 7.09. The first kappa shape index (κ1) is 9.68. The van der Waals surface area contributed by atoms with Crippen molar-refractivity contribution in [1.29, 1.82) is 0 Å². The molecular weight excluding hydrogens is 168 g/mol. The number of aromatic nitrogens is 1. The molecule has 2 nitrogen and oxygen atoms in total. The molecule has 0 aliphatic heterocycles. The van der Waals surface area contributed by atoms with Crippen molar-refractivity contribution in [3.05, 3.63) is 16.1 Å². The van der Waals surface area contributed by atoms with Gasteiger partial charge in [0.25, 0.3) is 0 Å². The minimum absolute atomic E-state index is 0.681.